The Morgan fingerprint density at radius 3 is 2.22 bits per heavy atom. The molecular formula is C32H50NO3+. The highest BCUT2D eigenvalue weighted by atomic mass is 16.7. The number of nitrogens with zero attached hydrogens (tertiary/aromatic N) is 1. The van der Waals surface area contributed by atoms with Crippen molar-refractivity contribution in [3.05, 3.63) is 65.7 Å². The lowest BCUT2D eigenvalue weighted by Crippen LogP contribution is -2.41. The molecule has 2 unspecified atom stereocenters. The van der Waals surface area contributed by atoms with E-state index in [0.29, 0.717) is 6.42 Å². The van der Waals surface area contributed by atoms with Crippen molar-refractivity contribution >= 4 is 5.97 Å². The Bertz CT molecular complexity index is 865. The van der Waals surface area contributed by atoms with Crippen LogP contribution in [0.15, 0.2) is 54.6 Å². The van der Waals surface area contributed by atoms with Crippen LogP contribution in [0.1, 0.15) is 89.7 Å². The minimum atomic E-state index is -0.539. The molecule has 0 aliphatic carbocycles. The number of rotatable bonds is 18. The lowest BCUT2D eigenvalue weighted by molar-refractivity contribution is -0.904. The zero-order valence-corrected chi connectivity index (χ0v) is 23.5. The van der Waals surface area contributed by atoms with Gasteiger partial charge in [0.25, 0.3) is 0 Å². The first-order valence-corrected chi connectivity index (χ1v) is 14.2. The summed E-state index contributed by atoms with van der Waals surface area (Å²) in [6.45, 7) is 8.17. The smallest absolute Gasteiger partial charge is 0.311 e. The zero-order valence-electron chi connectivity index (χ0n) is 23.5. The summed E-state index contributed by atoms with van der Waals surface area (Å²) >= 11 is 0. The fraction of sp³-hybridized carbons (Fsp3) is 0.594. The van der Waals surface area contributed by atoms with E-state index in [-0.39, 0.29) is 11.9 Å². The van der Waals surface area contributed by atoms with Gasteiger partial charge in [0.05, 0.1) is 26.6 Å². The van der Waals surface area contributed by atoms with Crippen LogP contribution in [0.5, 0.6) is 5.75 Å². The van der Waals surface area contributed by atoms with Crippen molar-refractivity contribution in [3.8, 4) is 5.75 Å². The van der Waals surface area contributed by atoms with E-state index in [9.17, 15) is 4.79 Å². The van der Waals surface area contributed by atoms with Crippen LogP contribution in [0, 0.1) is 5.92 Å². The molecule has 2 aromatic carbocycles. The van der Waals surface area contributed by atoms with Crippen molar-refractivity contribution in [2.24, 2.45) is 5.92 Å². The molecule has 0 radical (unpaired) electrons. The van der Waals surface area contributed by atoms with Crippen LogP contribution < -0.4 is 4.74 Å². The average molecular weight is 497 g/mol. The Balaban J connectivity index is 1.87. The van der Waals surface area contributed by atoms with Crippen LogP contribution in [0.25, 0.3) is 0 Å². The molecule has 0 N–H and O–H groups in total. The molecule has 0 aliphatic heterocycles. The fourth-order valence-corrected chi connectivity index (χ4v) is 4.50. The van der Waals surface area contributed by atoms with E-state index in [1.165, 1.54) is 43.2 Å². The SMILES string of the molecule is CCCCCCCCc1ccccc1OC(CCC)OC(=O)C(C)CC[N+](C)(C)Cc1ccccc1. The summed E-state index contributed by atoms with van der Waals surface area (Å²) in [5.74, 6) is 0.520. The lowest BCUT2D eigenvalue weighted by atomic mass is 10.0. The molecule has 2 atom stereocenters. The summed E-state index contributed by atoms with van der Waals surface area (Å²) in [5, 5.41) is 0. The molecule has 36 heavy (non-hydrogen) atoms. The number of hydrogen-bond acceptors (Lipinski definition) is 3. The molecule has 0 saturated heterocycles. The number of para-hydroxylation sites is 1. The first kappa shape index (κ1) is 29.9. The first-order valence-electron chi connectivity index (χ1n) is 14.2. The molecule has 2 rings (SSSR count). The number of esters is 1. The van der Waals surface area contributed by atoms with Crippen molar-refractivity contribution in [2.45, 2.75) is 97.8 Å². The van der Waals surface area contributed by atoms with E-state index in [0.717, 1.165) is 49.0 Å². The van der Waals surface area contributed by atoms with Crippen molar-refractivity contribution in [1.29, 1.82) is 0 Å². The Morgan fingerprint density at radius 2 is 1.50 bits per heavy atom. The van der Waals surface area contributed by atoms with Crippen LogP contribution in [-0.2, 0) is 22.5 Å². The van der Waals surface area contributed by atoms with Crippen LogP contribution in [0.4, 0.5) is 0 Å². The standard InChI is InChI=1S/C32H50NO3/c1-6-8-9-10-11-15-21-29-22-16-17-23-30(29)35-31(18-7-2)36-32(34)27(3)24-25-33(4,5)26-28-19-13-12-14-20-28/h12-14,16-17,19-20,22-23,27,31H,6-11,15,18,21,24-26H2,1-5H3/q+1. The third-order valence-electron chi connectivity index (χ3n) is 6.83. The Hall–Kier alpha value is -2.33. The number of hydrogen-bond donors (Lipinski definition) is 0. The van der Waals surface area contributed by atoms with Crippen molar-refractivity contribution < 1.29 is 18.8 Å². The van der Waals surface area contributed by atoms with Crippen LogP contribution in [0.3, 0.4) is 0 Å². The molecule has 0 spiro atoms. The van der Waals surface area contributed by atoms with E-state index in [1.54, 1.807) is 0 Å². The quantitative estimate of drug-likeness (QED) is 0.0909. The maximum atomic E-state index is 13.0. The zero-order chi connectivity index (χ0) is 26.2. The molecule has 0 amide bonds. The van der Waals surface area contributed by atoms with Gasteiger partial charge in [-0.25, -0.2) is 0 Å². The molecule has 2 aromatic rings. The van der Waals surface area contributed by atoms with E-state index < -0.39 is 6.29 Å². The van der Waals surface area contributed by atoms with E-state index >= 15 is 0 Å². The second-order valence-electron chi connectivity index (χ2n) is 10.9. The third kappa shape index (κ3) is 11.6. The highest BCUT2D eigenvalue weighted by Gasteiger charge is 2.25. The van der Waals surface area contributed by atoms with Gasteiger partial charge in [0, 0.05) is 18.4 Å². The summed E-state index contributed by atoms with van der Waals surface area (Å²) in [5.41, 5.74) is 2.52. The maximum absolute atomic E-state index is 13.0. The Labute approximate surface area is 220 Å². The van der Waals surface area contributed by atoms with Gasteiger partial charge in [-0.1, -0.05) is 101 Å². The monoisotopic (exact) mass is 496 g/mol. The molecule has 0 bridgehead atoms. The Morgan fingerprint density at radius 1 is 0.833 bits per heavy atom. The normalized spacial score (nSPS) is 13.2. The van der Waals surface area contributed by atoms with Crippen LogP contribution >= 0.6 is 0 Å². The summed E-state index contributed by atoms with van der Waals surface area (Å²) in [6.07, 6.45) is 10.5. The van der Waals surface area contributed by atoms with Gasteiger partial charge >= 0.3 is 5.97 Å². The van der Waals surface area contributed by atoms with Crippen molar-refractivity contribution in [3.63, 3.8) is 0 Å². The summed E-state index contributed by atoms with van der Waals surface area (Å²) in [7, 11) is 4.43. The number of unbranched alkanes of at least 4 members (excludes halogenated alkanes) is 5. The molecule has 200 valence electrons. The maximum Gasteiger partial charge on any atom is 0.311 e. The third-order valence-corrected chi connectivity index (χ3v) is 6.83. The van der Waals surface area contributed by atoms with Gasteiger partial charge in [-0.15, -0.1) is 0 Å². The summed E-state index contributed by atoms with van der Waals surface area (Å²) < 4.78 is 13.0. The molecule has 0 fully saturated rings. The highest BCUT2D eigenvalue weighted by Crippen LogP contribution is 2.24. The highest BCUT2D eigenvalue weighted by molar-refractivity contribution is 5.72. The van der Waals surface area contributed by atoms with Gasteiger partial charge in [-0.05, 0) is 30.9 Å². The van der Waals surface area contributed by atoms with Crippen molar-refractivity contribution in [2.75, 3.05) is 20.6 Å². The van der Waals surface area contributed by atoms with Gasteiger partial charge in [-0.3, -0.25) is 4.79 Å². The molecule has 0 heterocycles. The van der Waals surface area contributed by atoms with Gasteiger partial charge in [0.15, 0.2) is 0 Å². The number of carbonyl (C=O) groups excluding carboxylic acids is 1. The van der Waals surface area contributed by atoms with Gasteiger partial charge in [0.2, 0.25) is 6.29 Å². The summed E-state index contributed by atoms with van der Waals surface area (Å²) in [6, 6.07) is 18.7. The van der Waals surface area contributed by atoms with Crippen molar-refractivity contribution in [1.82, 2.24) is 0 Å². The lowest BCUT2D eigenvalue weighted by Gasteiger charge is -2.31. The van der Waals surface area contributed by atoms with E-state index in [1.807, 2.05) is 25.1 Å². The fourth-order valence-electron chi connectivity index (χ4n) is 4.50. The second-order valence-corrected chi connectivity index (χ2v) is 10.9. The van der Waals surface area contributed by atoms with E-state index in [4.69, 9.17) is 9.47 Å². The number of carbonyl (C=O) groups is 1. The van der Waals surface area contributed by atoms with Gasteiger partial charge < -0.3 is 14.0 Å². The minimum absolute atomic E-state index is 0.165. The second kappa shape index (κ2) is 16.4. The van der Waals surface area contributed by atoms with Crippen LogP contribution in [-0.4, -0.2) is 37.4 Å². The molecule has 4 nitrogen and oxygen atoms in total. The molecule has 0 aromatic heterocycles. The minimum Gasteiger partial charge on any atom is -0.455 e. The van der Waals surface area contributed by atoms with Crippen LogP contribution in [0.2, 0.25) is 0 Å². The van der Waals surface area contributed by atoms with E-state index in [2.05, 4.69) is 64.3 Å². The predicted molar refractivity (Wildman–Crippen MR) is 150 cm³/mol. The first-order chi connectivity index (χ1) is 17.3. The Kier molecular flexibility index (Phi) is 13.6. The average Bonchev–Trinajstić information content (AvgIpc) is 2.86. The largest absolute Gasteiger partial charge is 0.455 e. The number of quaternary nitrogens is 1. The topological polar surface area (TPSA) is 35.5 Å². The number of aryl methyl sites for hydroxylation is 1. The molecule has 0 saturated carbocycles. The van der Waals surface area contributed by atoms with Gasteiger partial charge in [0.1, 0.15) is 12.3 Å². The number of benzene rings is 2. The number of ether oxygens (including phenoxy) is 2. The van der Waals surface area contributed by atoms with Gasteiger partial charge in [-0.2, -0.15) is 0 Å². The molecule has 0 aliphatic rings. The predicted octanol–water partition coefficient (Wildman–Crippen LogP) is 7.94. The molecule has 4 heteroatoms. The molecular weight excluding hydrogens is 446 g/mol. The summed E-state index contributed by atoms with van der Waals surface area (Å²) in [4.78, 5) is 13.0.